The van der Waals surface area contributed by atoms with Gasteiger partial charge < -0.3 is 9.47 Å². The minimum Gasteiger partial charge on any atom is -0.350 e. The molecule has 2 heterocycles. The number of ether oxygens (including phenoxy) is 2. The standard InChI is InChI=1S/C6H10O2/c1-2-4-7-6-5(3-1)8-6/h5-6H,1-4H2. The first kappa shape index (κ1) is 4.77. The van der Waals surface area contributed by atoms with Crippen LogP contribution in [0.25, 0.3) is 0 Å². The molecule has 2 unspecified atom stereocenters. The molecule has 0 amide bonds. The normalized spacial score (nSPS) is 45.0. The number of fused-ring (bicyclic) bond motifs is 1. The van der Waals surface area contributed by atoms with Crippen LogP contribution in [0.2, 0.25) is 0 Å². The van der Waals surface area contributed by atoms with E-state index >= 15 is 0 Å². The summed E-state index contributed by atoms with van der Waals surface area (Å²) in [5.74, 6) is 0. The van der Waals surface area contributed by atoms with Crippen LogP contribution in [0.3, 0.4) is 0 Å². The van der Waals surface area contributed by atoms with Gasteiger partial charge in [0.05, 0.1) is 0 Å². The van der Waals surface area contributed by atoms with Gasteiger partial charge in [-0.3, -0.25) is 0 Å². The molecule has 2 aliphatic rings. The van der Waals surface area contributed by atoms with Crippen LogP contribution in [-0.4, -0.2) is 19.0 Å². The van der Waals surface area contributed by atoms with Gasteiger partial charge in [0.15, 0.2) is 6.29 Å². The van der Waals surface area contributed by atoms with Gasteiger partial charge in [-0.1, -0.05) is 0 Å². The van der Waals surface area contributed by atoms with Gasteiger partial charge in [0, 0.05) is 6.61 Å². The van der Waals surface area contributed by atoms with E-state index in [0.717, 1.165) is 6.61 Å². The smallest absolute Gasteiger partial charge is 0.184 e. The van der Waals surface area contributed by atoms with Crippen LogP contribution in [0, 0.1) is 0 Å². The molecule has 0 spiro atoms. The highest BCUT2D eigenvalue weighted by Gasteiger charge is 2.40. The van der Waals surface area contributed by atoms with E-state index in [1.165, 1.54) is 19.3 Å². The highest BCUT2D eigenvalue weighted by molar-refractivity contribution is 4.78. The Bertz CT molecular complexity index is 82.5. The lowest BCUT2D eigenvalue weighted by Gasteiger charge is -1.93. The zero-order chi connectivity index (χ0) is 5.40. The van der Waals surface area contributed by atoms with E-state index in [1.807, 2.05) is 0 Å². The highest BCUT2D eigenvalue weighted by Crippen LogP contribution is 2.30. The topological polar surface area (TPSA) is 21.8 Å². The molecule has 0 aromatic rings. The number of rotatable bonds is 0. The van der Waals surface area contributed by atoms with E-state index in [4.69, 9.17) is 9.47 Å². The molecule has 2 rings (SSSR count). The Morgan fingerprint density at radius 1 is 1.25 bits per heavy atom. The number of epoxide rings is 1. The van der Waals surface area contributed by atoms with Gasteiger partial charge in [-0.05, 0) is 19.3 Å². The lowest BCUT2D eigenvalue weighted by atomic mass is 10.2. The van der Waals surface area contributed by atoms with Crippen molar-refractivity contribution in [3.63, 3.8) is 0 Å². The van der Waals surface area contributed by atoms with Crippen molar-refractivity contribution in [3.8, 4) is 0 Å². The molecule has 2 heteroatoms. The summed E-state index contributed by atoms with van der Waals surface area (Å²) in [4.78, 5) is 0. The van der Waals surface area contributed by atoms with Gasteiger partial charge in [-0.15, -0.1) is 0 Å². The van der Waals surface area contributed by atoms with Crippen molar-refractivity contribution < 1.29 is 9.47 Å². The van der Waals surface area contributed by atoms with Crippen molar-refractivity contribution in [1.82, 2.24) is 0 Å². The summed E-state index contributed by atoms with van der Waals surface area (Å²) >= 11 is 0. The van der Waals surface area contributed by atoms with Crippen molar-refractivity contribution >= 4 is 0 Å². The van der Waals surface area contributed by atoms with Crippen molar-refractivity contribution in [3.05, 3.63) is 0 Å². The minimum atomic E-state index is 0.192. The molecule has 0 aromatic carbocycles. The summed E-state index contributed by atoms with van der Waals surface area (Å²) in [5, 5.41) is 0. The first-order valence-corrected chi connectivity index (χ1v) is 3.24. The predicted octanol–water partition coefficient (Wildman–Crippen LogP) is 0.912. The Morgan fingerprint density at radius 2 is 2.25 bits per heavy atom. The van der Waals surface area contributed by atoms with Crippen molar-refractivity contribution in [2.24, 2.45) is 0 Å². The Hall–Kier alpha value is -0.0800. The monoisotopic (exact) mass is 114 g/mol. The molecule has 0 saturated carbocycles. The van der Waals surface area contributed by atoms with Crippen LogP contribution in [0.1, 0.15) is 19.3 Å². The van der Waals surface area contributed by atoms with Crippen molar-refractivity contribution in [1.29, 1.82) is 0 Å². The number of hydrogen-bond donors (Lipinski definition) is 0. The largest absolute Gasteiger partial charge is 0.350 e. The zero-order valence-electron chi connectivity index (χ0n) is 4.80. The number of hydrogen-bond acceptors (Lipinski definition) is 2. The second kappa shape index (κ2) is 1.71. The summed E-state index contributed by atoms with van der Waals surface area (Å²) in [6.45, 7) is 0.904. The highest BCUT2D eigenvalue weighted by atomic mass is 16.8. The third kappa shape index (κ3) is 0.740. The van der Waals surface area contributed by atoms with Crippen LogP contribution in [0.15, 0.2) is 0 Å². The van der Waals surface area contributed by atoms with E-state index < -0.39 is 0 Å². The van der Waals surface area contributed by atoms with Crippen molar-refractivity contribution in [2.45, 2.75) is 31.7 Å². The Labute approximate surface area is 48.8 Å². The fourth-order valence-corrected chi connectivity index (χ4v) is 1.12. The lowest BCUT2D eigenvalue weighted by molar-refractivity contribution is 0.0485. The first-order chi connectivity index (χ1) is 3.97. The molecule has 2 saturated heterocycles. The van der Waals surface area contributed by atoms with E-state index in [-0.39, 0.29) is 6.29 Å². The zero-order valence-corrected chi connectivity index (χ0v) is 4.80. The van der Waals surface area contributed by atoms with Gasteiger partial charge >= 0.3 is 0 Å². The maximum Gasteiger partial charge on any atom is 0.184 e. The third-order valence-corrected chi connectivity index (χ3v) is 1.70. The van der Waals surface area contributed by atoms with Gasteiger partial charge in [-0.25, -0.2) is 0 Å². The minimum absolute atomic E-state index is 0.192. The molecule has 46 valence electrons. The van der Waals surface area contributed by atoms with Crippen LogP contribution in [-0.2, 0) is 9.47 Å². The molecule has 2 aliphatic heterocycles. The van der Waals surface area contributed by atoms with E-state index in [2.05, 4.69) is 0 Å². The lowest BCUT2D eigenvalue weighted by Crippen LogP contribution is -1.95. The quantitative estimate of drug-likeness (QED) is 0.437. The summed E-state index contributed by atoms with van der Waals surface area (Å²) in [6.07, 6.45) is 4.37. The molecule has 0 aliphatic carbocycles. The molecule has 8 heavy (non-hydrogen) atoms. The van der Waals surface area contributed by atoms with Gasteiger partial charge in [0.1, 0.15) is 6.10 Å². The van der Waals surface area contributed by atoms with Gasteiger partial charge in [0.25, 0.3) is 0 Å². The fourth-order valence-electron chi connectivity index (χ4n) is 1.12. The fraction of sp³-hybridized carbons (Fsp3) is 1.00. The average Bonchev–Trinajstić information content (AvgIpc) is 2.36. The van der Waals surface area contributed by atoms with Crippen LogP contribution >= 0.6 is 0 Å². The van der Waals surface area contributed by atoms with Gasteiger partial charge in [0.2, 0.25) is 0 Å². The Morgan fingerprint density at radius 3 is 3.25 bits per heavy atom. The van der Waals surface area contributed by atoms with Crippen molar-refractivity contribution in [2.75, 3.05) is 6.61 Å². The maximum atomic E-state index is 5.25. The SMILES string of the molecule is C1CCC2OC2OC1. The van der Waals surface area contributed by atoms with Crippen LogP contribution in [0.4, 0.5) is 0 Å². The molecule has 0 radical (unpaired) electrons. The van der Waals surface area contributed by atoms with E-state index in [0.29, 0.717) is 6.10 Å². The molecule has 0 aromatic heterocycles. The average molecular weight is 114 g/mol. The van der Waals surface area contributed by atoms with E-state index in [9.17, 15) is 0 Å². The second-order valence-electron chi connectivity index (χ2n) is 2.41. The molecular formula is C6H10O2. The molecule has 0 bridgehead atoms. The summed E-state index contributed by atoms with van der Waals surface area (Å²) in [5.41, 5.74) is 0. The molecule has 2 fully saturated rings. The predicted molar refractivity (Wildman–Crippen MR) is 28.5 cm³/mol. The van der Waals surface area contributed by atoms with Crippen LogP contribution < -0.4 is 0 Å². The second-order valence-corrected chi connectivity index (χ2v) is 2.41. The molecule has 0 N–H and O–H groups in total. The summed E-state index contributed by atoms with van der Waals surface area (Å²) in [7, 11) is 0. The molecular weight excluding hydrogens is 104 g/mol. The first-order valence-electron chi connectivity index (χ1n) is 3.24. The Balaban J connectivity index is 1.89. The summed E-state index contributed by atoms with van der Waals surface area (Å²) < 4.78 is 10.4. The summed E-state index contributed by atoms with van der Waals surface area (Å²) in [6, 6.07) is 0. The molecule has 2 nitrogen and oxygen atoms in total. The van der Waals surface area contributed by atoms with E-state index in [1.54, 1.807) is 0 Å². The van der Waals surface area contributed by atoms with Crippen LogP contribution in [0.5, 0.6) is 0 Å². The maximum absolute atomic E-state index is 5.25. The third-order valence-electron chi connectivity index (χ3n) is 1.70. The Kier molecular flexibility index (Phi) is 1.02. The van der Waals surface area contributed by atoms with Gasteiger partial charge in [-0.2, -0.15) is 0 Å². The molecule has 2 atom stereocenters.